The lowest BCUT2D eigenvalue weighted by molar-refractivity contribution is -0.137. The Labute approximate surface area is 381 Å². The van der Waals surface area contributed by atoms with Gasteiger partial charge < -0.3 is 8.98 Å². The second-order valence-corrected chi connectivity index (χ2v) is 17.3. The van der Waals surface area contributed by atoms with Gasteiger partial charge in [0.1, 0.15) is 11.3 Å². The second-order valence-electron chi connectivity index (χ2n) is 17.3. The fraction of sp³-hybridized carbons (Fsp3) is 0.0339. The predicted molar refractivity (Wildman–Crippen MR) is 259 cm³/mol. The lowest BCUT2D eigenvalue weighted by Gasteiger charge is -2.30. The maximum absolute atomic E-state index is 16.4. The molecule has 316 valence electrons. The van der Waals surface area contributed by atoms with E-state index in [4.69, 9.17) is 19.4 Å². The molecule has 5 nitrogen and oxygen atoms in total. The largest absolute Gasteiger partial charge is 0.454 e. The molecule has 2 aliphatic carbocycles. The van der Waals surface area contributed by atoms with E-state index in [2.05, 4.69) is 78.9 Å². The standard InChI is InChI=1S/C59H33F3N4O/c60-59(61,62)48-32-43(57-64-55(34-17-3-1-4-18-34)63-56(65-57)35-19-5-2-6-20-35)52-40-25-11-16-30-51(40)67-54(52)53(48)66-49-29-15-10-24-39(49)42-31-47-41(33-50(42)66)38-23-9-14-28-46(38)58(47)44-26-12-7-21-36(44)37-22-8-13-27-45(37)58/h1-33H. The number of benzene rings is 9. The summed E-state index contributed by atoms with van der Waals surface area (Å²) in [6, 6.07) is 65.1. The minimum absolute atomic E-state index is 0.0765. The van der Waals surface area contributed by atoms with E-state index in [-0.39, 0.29) is 22.7 Å². The highest BCUT2D eigenvalue weighted by Crippen LogP contribution is 2.63. The molecule has 0 aliphatic heterocycles. The zero-order valence-electron chi connectivity index (χ0n) is 35.4. The van der Waals surface area contributed by atoms with Crippen LogP contribution in [0, 0.1) is 0 Å². The van der Waals surface area contributed by atoms with Crippen LogP contribution in [0.1, 0.15) is 27.8 Å². The van der Waals surface area contributed by atoms with E-state index in [1.807, 2.05) is 109 Å². The van der Waals surface area contributed by atoms with E-state index < -0.39 is 17.2 Å². The smallest absolute Gasteiger partial charge is 0.418 e. The summed E-state index contributed by atoms with van der Waals surface area (Å²) in [5.41, 5.74) is 10.7. The van der Waals surface area contributed by atoms with E-state index in [0.717, 1.165) is 33.0 Å². The first-order chi connectivity index (χ1) is 32.9. The summed E-state index contributed by atoms with van der Waals surface area (Å²) in [6.45, 7) is 0. The first-order valence-corrected chi connectivity index (χ1v) is 22.2. The summed E-state index contributed by atoms with van der Waals surface area (Å²) >= 11 is 0. The number of alkyl halides is 3. The molecular weight excluding hydrogens is 838 g/mol. The Morgan fingerprint density at radius 2 is 0.925 bits per heavy atom. The van der Waals surface area contributed by atoms with Gasteiger partial charge in [-0.1, -0.05) is 170 Å². The first-order valence-electron chi connectivity index (χ1n) is 22.2. The third-order valence-corrected chi connectivity index (χ3v) is 13.9. The highest BCUT2D eigenvalue weighted by Gasteiger charge is 2.52. The van der Waals surface area contributed by atoms with Gasteiger partial charge in [-0.3, -0.25) is 0 Å². The highest BCUT2D eigenvalue weighted by molar-refractivity contribution is 6.18. The van der Waals surface area contributed by atoms with Crippen LogP contribution in [0.2, 0.25) is 0 Å². The van der Waals surface area contributed by atoms with Gasteiger partial charge in [0.15, 0.2) is 23.1 Å². The molecule has 12 aromatic rings. The Balaban J connectivity index is 1.11. The molecule has 3 aromatic heterocycles. The number of rotatable bonds is 4. The number of nitrogens with zero attached hydrogens (tertiary/aromatic N) is 4. The van der Waals surface area contributed by atoms with E-state index in [1.54, 1.807) is 10.6 Å². The lowest BCUT2D eigenvalue weighted by Crippen LogP contribution is -2.25. The van der Waals surface area contributed by atoms with Crippen LogP contribution in [0.4, 0.5) is 13.2 Å². The van der Waals surface area contributed by atoms with Gasteiger partial charge in [-0.2, -0.15) is 13.2 Å². The average molecular weight is 871 g/mol. The Hall–Kier alpha value is -8.62. The molecule has 0 unspecified atom stereocenters. The van der Waals surface area contributed by atoms with Crippen LogP contribution in [0.15, 0.2) is 205 Å². The zero-order chi connectivity index (χ0) is 44.6. The SMILES string of the molecule is FC(F)(F)c1cc(-c2nc(-c3ccccc3)nc(-c3ccccc3)n2)c2c(oc3ccccc32)c1-n1c2ccccc2c2cc3c(cc21)-c1ccccc1C31c2ccccc2-c2ccccc21. The van der Waals surface area contributed by atoms with Gasteiger partial charge >= 0.3 is 6.18 Å². The van der Waals surface area contributed by atoms with Crippen LogP contribution in [0.3, 0.4) is 0 Å². The van der Waals surface area contributed by atoms with Crippen molar-refractivity contribution < 1.29 is 17.6 Å². The number of furan rings is 1. The molecule has 14 rings (SSSR count). The molecule has 0 bridgehead atoms. The Kier molecular flexibility index (Phi) is 7.71. The number of hydrogen-bond donors (Lipinski definition) is 0. The van der Waals surface area contributed by atoms with E-state index in [9.17, 15) is 0 Å². The van der Waals surface area contributed by atoms with Crippen molar-refractivity contribution in [3.05, 3.63) is 228 Å². The molecule has 0 radical (unpaired) electrons. The summed E-state index contributed by atoms with van der Waals surface area (Å²) in [5.74, 6) is 0.773. The maximum atomic E-state index is 16.4. The number of hydrogen-bond acceptors (Lipinski definition) is 4. The molecule has 0 N–H and O–H groups in total. The molecule has 3 heterocycles. The molecule has 67 heavy (non-hydrogen) atoms. The molecule has 1 spiro atoms. The van der Waals surface area contributed by atoms with Crippen LogP contribution in [0.5, 0.6) is 0 Å². The summed E-state index contributed by atoms with van der Waals surface area (Å²) in [5, 5.41) is 2.77. The summed E-state index contributed by atoms with van der Waals surface area (Å²) in [4.78, 5) is 14.7. The number of para-hydroxylation sites is 2. The topological polar surface area (TPSA) is 56.7 Å². The fourth-order valence-corrected chi connectivity index (χ4v) is 11.2. The van der Waals surface area contributed by atoms with Crippen molar-refractivity contribution in [1.82, 2.24) is 19.5 Å². The Bertz CT molecular complexity index is 3940. The van der Waals surface area contributed by atoms with Crippen molar-refractivity contribution in [3.8, 4) is 62.1 Å². The van der Waals surface area contributed by atoms with E-state index in [1.165, 1.54) is 28.3 Å². The molecule has 0 atom stereocenters. The zero-order valence-corrected chi connectivity index (χ0v) is 35.4. The average Bonchev–Trinajstić information content (AvgIpc) is 4.09. The number of aromatic nitrogens is 4. The quantitative estimate of drug-likeness (QED) is 0.177. The molecule has 0 saturated carbocycles. The van der Waals surface area contributed by atoms with Gasteiger partial charge in [-0.05, 0) is 74.8 Å². The molecule has 0 saturated heterocycles. The third-order valence-electron chi connectivity index (χ3n) is 13.9. The normalized spacial score (nSPS) is 13.4. The maximum Gasteiger partial charge on any atom is 0.418 e. The molecule has 2 aliphatic rings. The first kappa shape index (κ1) is 37.7. The summed E-state index contributed by atoms with van der Waals surface area (Å²) < 4.78 is 57.7. The summed E-state index contributed by atoms with van der Waals surface area (Å²) in [6.07, 6.45) is -4.85. The lowest BCUT2D eigenvalue weighted by atomic mass is 9.70. The van der Waals surface area contributed by atoms with Crippen LogP contribution in [0.25, 0.3) is 106 Å². The van der Waals surface area contributed by atoms with Gasteiger partial charge in [-0.15, -0.1) is 0 Å². The van der Waals surface area contributed by atoms with Gasteiger partial charge in [0, 0.05) is 38.2 Å². The van der Waals surface area contributed by atoms with Gasteiger partial charge in [0.05, 0.1) is 22.0 Å². The minimum atomic E-state index is -4.85. The van der Waals surface area contributed by atoms with Crippen molar-refractivity contribution in [1.29, 1.82) is 0 Å². The Morgan fingerprint density at radius 3 is 1.54 bits per heavy atom. The molecule has 0 fully saturated rings. The molecular formula is C59H33F3N4O. The van der Waals surface area contributed by atoms with Gasteiger partial charge in [0.25, 0.3) is 0 Å². The van der Waals surface area contributed by atoms with E-state index >= 15 is 13.2 Å². The predicted octanol–water partition coefficient (Wildman–Crippen LogP) is 15.2. The molecule has 9 aromatic carbocycles. The molecule has 8 heteroatoms. The van der Waals surface area contributed by atoms with E-state index in [0.29, 0.717) is 50.2 Å². The fourth-order valence-electron chi connectivity index (χ4n) is 11.2. The van der Waals surface area contributed by atoms with Crippen LogP contribution in [-0.2, 0) is 11.6 Å². The third kappa shape index (κ3) is 5.18. The Morgan fingerprint density at radius 1 is 0.418 bits per heavy atom. The van der Waals surface area contributed by atoms with Crippen molar-refractivity contribution in [2.45, 2.75) is 11.6 Å². The van der Waals surface area contributed by atoms with Crippen LogP contribution < -0.4 is 0 Å². The summed E-state index contributed by atoms with van der Waals surface area (Å²) in [7, 11) is 0. The van der Waals surface area contributed by atoms with Crippen molar-refractivity contribution in [3.63, 3.8) is 0 Å². The monoisotopic (exact) mass is 870 g/mol. The highest BCUT2D eigenvalue weighted by atomic mass is 19.4. The second kappa shape index (κ2) is 13.7. The van der Waals surface area contributed by atoms with Crippen LogP contribution in [-0.4, -0.2) is 19.5 Å². The van der Waals surface area contributed by atoms with Crippen molar-refractivity contribution >= 4 is 43.7 Å². The van der Waals surface area contributed by atoms with Crippen LogP contribution >= 0.6 is 0 Å². The van der Waals surface area contributed by atoms with Gasteiger partial charge in [0.2, 0.25) is 0 Å². The number of fused-ring (bicyclic) bond motifs is 16. The van der Waals surface area contributed by atoms with Crippen molar-refractivity contribution in [2.75, 3.05) is 0 Å². The van der Waals surface area contributed by atoms with Gasteiger partial charge in [-0.25, -0.2) is 15.0 Å². The number of halogens is 3. The minimum Gasteiger partial charge on any atom is -0.454 e. The molecule has 0 amide bonds. The van der Waals surface area contributed by atoms with Crippen molar-refractivity contribution in [2.24, 2.45) is 0 Å².